The summed E-state index contributed by atoms with van der Waals surface area (Å²) in [5.74, 6) is 2.50. The number of fused-ring (bicyclic) bond motifs is 1. The summed E-state index contributed by atoms with van der Waals surface area (Å²) in [7, 11) is 1.92. The lowest BCUT2D eigenvalue weighted by molar-refractivity contribution is 0.458. The molecule has 0 aromatic carbocycles. The van der Waals surface area contributed by atoms with Crippen molar-refractivity contribution in [2.24, 2.45) is 17.0 Å². The van der Waals surface area contributed by atoms with E-state index in [9.17, 15) is 0 Å². The molecule has 124 valence electrons. The van der Waals surface area contributed by atoms with Gasteiger partial charge in [0.05, 0.1) is 18.8 Å². The van der Waals surface area contributed by atoms with Crippen LogP contribution in [-0.2, 0) is 7.05 Å². The Morgan fingerprint density at radius 1 is 1.42 bits per heavy atom. The number of hydrogen-bond donors (Lipinski definition) is 1. The highest BCUT2D eigenvalue weighted by Crippen LogP contribution is 2.30. The van der Waals surface area contributed by atoms with Gasteiger partial charge >= 0.3 is 0 Å². The van der Waals surface area contributed by atoms with Gasteiger partial charge in [0.1, 0.15) is 0 Å². The van der Waals surface area contributed by atoms with Crippen molar-refractivity contribution < 1.29 is 0 Å². The highest BCUT2D eigenvalue weighted by molar-refractivity contribution is 8.01. The fourth-order valence-corrected chi connectivity index (χ4v) is 4.26. The molecule has 8 nitrogen and oxygen atoms in total. The molecule has 24 heavy (non-hydrogen) atoms. The Balaban J connectivity index is 1.52. The van der Waals surface area contributed by atoms with Crippen molar-refractivity contribution in [1.82, 2.24) is 24.9 Å². The Morgan fingerprint density at radius 3 is 3.12 bits per heavy atom. The number of rotatable bonds is 4. The number of aryl methyl sites for hydroxylation is 1. The van der Waals surface area contributed by atoms with Crippen LogP contribution < -0.4 is 5.32 Å². The lowest BCUT2D eigenvalue weighted by atomic mass is 10.1. The van der Waals surface area contributed by atoms with E-state index in [1.807, 2.05) is 30.3 Å². The van der Waals surface area contributed by atoms with E-state index in [-0.39, 0.29) is 6.04 Å². The van der Waals surface area contributed by atoms with E-state index in [1.54, 1.807) is 18.0 Å². The molecule has 1 N–H and O–H groups in total. The molecule has 0 saturated carbocycles. The van der Waals surface area contributed by atoms with Crippen LogP contribution in [0.4, 0.5) is 5.13 Å². The third kappa shape index (κ3) is 2.82. The molecule has 1 unspecified atom stereocenters. The number of amidine groups is 2. The first-order valence-corrected chi connectivity index (χ1v) is 9.34. The zero-order chi connectivity index (χ0) is 16.5. The highest BCUT2D eigenvalue weighted by atomic mass is 32.2. The number of nitrogens with one attached hydrogen (secondary N) is 1. The van der Waals surface area contributed by atoms with Gasteiger partial charge in [-0.25, -0.2) is 4.99 Å². The molecule has 0 aliphatic carbocycles. The quantitative estimate of drug-likeness (QED) is 0.841. The second kappa shape index (κ2) is 6.36. The second-order valence-electron chi connectivity index (χ2n) is 5.24. The highest BCUT2D eigenvalue weighted by Gasteiger charge is 2.33. The molecule has 2 aliphatic rings. The summed E-state index contributed by atoms with van der Waals surface area (Å²) in [4.78, 5) is 11.2. The molecule has 4 heterocycles. The Labute approximate surface area is 147 Å². The normalized spacial score (nSPS) is 19.2. The fourth-order valence-electron chi connectivity index (χ4n) is 2.61. The van der Waals surface area contributed by atoms with Crippen LogP contribution in [0.1, 0.15) is 18.5 Å². The van der Waals surface area contributed by atoms with Crippen molar-refractivity contribution in [3.63, 3.8) is 0 Å². The van der Waals surface area contributed by atoms with Gasteiger partial charge in [-0.15, -0.1) is 10.2 Å². The van der Waals surface area contributed by atoms with Gasteiger partial charge in [-0.1, -0.05) is 30.0 Å². The molecule has 2 aromatic heterocycles. The average molecular weight is 360 g/mol. The molecule has 0 saturated heterocycles. The van der Waals surface area contributed by atoms with E-state index in [4.69, 9.17) is 0 Å². The first-order chi connectivity index (χ1) is 11.7. The van der Waals surface area contributed by atoms with E-state index in [2.05, 4.69) is 42.4 Å². The minimum atomic E-state index is 0.151. The molecule has 10 heteroatoms. The minimum absolute atomic E-state index is 0.151. The summed E-state index contributed by atoms with van der Waals surface area (Å²) in [5, 5.41) is 16.6. The van der Waals surface area contributed by atoms with Crippen molar-refractivity contribution in [2.45, 2.75) is 17.3 Å². The smallest absolute Gasteiger partial charge is 0.212 e. The molecule has 0 fully saturated rings. The summed E-state index contributed by atoms with van der Waals surface area (Å²) in [5.41, 5.74) is 1.14. The summed E-state index contributed by atoms with van der Waals surface area (Å²) in [6.45, 7) is 2.78. The molecule has 4 rings (SSSR count). The average Bonchev–Trinajstić information content (AvgIpc) is 3.28. The molecule has 2 aliphatic heterocycles. The molecule has 0 bridgehead atoms. The minimum Gasteiger partial charge on any atom is -0.319 e. The summed E-state index contributed by atoms with van der Waals surface area (Å²) >= 11 is 3.20. The predicted octanol–water partition coefficient (Wildman–Crippen LogP) is 2.13. The van der Waals surface area contributed by atoms with Gasteiger partial charge < -0.3 is 10.2 Å². The van der Waals surface area contributed by atoms with Crippen LogP contribution in [-0.4, -0.2) is 48.8 Å². The van der Waals surface area contributed by atoms with Crippen molar-refractivity contribution in [1.29, 1.82) is 0 Å². The topological polar surface area (TPSA) is 83.6 Å². The lowest BCUT2D eigenvalue weighted by Gasteiger charge is -2.25. The second-order valence-corrected chi connectivity index (χ2v) is 7.73. The van der Waals surface area contributed by atoms with Gasteiger partial charge in [0.2, 0.25) is 5.13 Å². The molecule has 1 atom stereocenters. The third-order valence-corrected chi connectivity index (χ3v) is 5.50. The van der Waals surface area contributed by atoms with E-state index in [0.717, 1.165) is 26.6 Å². The van der Waals surface area contributed by atoms with Crippen molar-refractivity contribution in [2.75, 3.05) is 17.6 Å². The van der Waals surface area contributed by atoms with Gasteiger partial charge in [0.15, 0.2) is 16.0 Å². The number of thioether (sulfide) groups is 1. The zero-order valence-electron chi connectivity index (χ0n) is 13.2. The molecular formula is C14H16N8S2. The molecular weight excluding hydrogens is 344 g/mol. The Bertz CT molecular complexity index is 833. The number of aromatic nitrogens is 4. The number of anilines is 1. The number of hydrogen-bond acceptors (Lipinski definition) is 9. The van der Waals surface area contributed by atoms with Crippen LogP contribution in [0.3, 0.4) is 0 Å². The van der Waals surface area contributed by atoms with Crippen LogP contribution in [0, 0.1) is 0 Å². The monoisotopic (exact) mass is 360 g/mol. The van der Waals surface area contributed by atoms with Crippen LogP contribution in [0.15, 0.2) is 39.1 Å². The molecule has 0 radical (unpaired) electrons. The Morgan fingerprint density at radius 2 is 2.33 bits per heavy atom. The van der Waals surface area contributed by atoms with E-state index >= 15 is 0 Å². The SMILES string of the molecule is CCSc1nnc(NC2=NC=CN3C2=NCC3c2cnn(C)c2)s1. The molecule has 2 aromatic rings. The fraction of sp³-hybridized carbons (Fsp3) is 0.357. The van der Waals surface area contributed by atoms with Crippen LogP contribution in [0.2, 0.25) is 0 Å². The van der Waals surface area contributed by atoms with Gasteiger partial charge in [-0.2, -0.15) is 5.10 Å². The standard InChI is InChI=1S/C14H16N8S2/c1-3-23-14-20-19-13(24-14)18-11-12-16-7-10(22(12)5-4-15-11)9-6-17-21(2)8-9/h4-6,8,10H,3,7H2,1-2H3,(H,15,18,19). The maximum absolute atomic E-state index is 4.66. The van der Waals surface area contributed by atoms with Crippen molar-refractivity contribution in [3.8, 4) is 0 Å². The van der Waals surface area contributed by atoms with Gasteiger partial charge in [-0.05, 0) is 5.75 Å². The first kappa shape index (κ1) is 15.3. The summed E-state index contributed by atoms with van der Waals surface area (Å²) in [6, 6.07) is 0.151. The molecule has 0 amide bonds. The Kier molecular flexibility index (Phi) is 4.07. The van der Waals surface area contributed by atoms with Crippen LogP contribution in [0.25, 0.3) is 0 Å². The van der Waals surface area contributed by atoms with Crippen molar-refractivity contribution >= 4 is 39.9 Å². The Hall–Kier alpha value is -2.20. The van der Waals surface area contributed by atoms with Gasteiger partial charge in [-0.3, -0.25) is 9.67 Å². The lowest BCUT2D eigenvalue weighted by Crippen LogP contribution is -2.37. The number of aliphatic imine (C=N–C) groups is 2. The van der Waals surface area contributed by atoms with E-state index in [1.165, 1.54) is 11.3 Å². The predicted molar refractivity (Wildman–Crippen MR) is 96.6 cm³/mol. The van der Waals surface area contributed by atoms with Gasteiger partial charge in [0.25, 0.3) is 0 Å². The maximum Gasteiger partial charge on any atom is 0.212 e. The summed E-state index contributed by atoms with van der Waals surface area (Å²) < 4.78 is 2.76. The van der Waals surface area contributed by atoms with E-state index in [0.29, 0.717) is 12.4 Å². The zero-order valence-corrected chi connectivity index (χ0v) is 14.9. The largest absolute Gasteiger partial charge is 0.319 e. The van der Waals surface area contributed by atoms with Crippen LogP contribution in [0.5, 0.6) is 0 Å². The van der Waals surface area contributed by atoms with Crippen LogP contribution >= 0.6 is 23.1 Å². The summed E-state index contributed by atoms with van der Waals surface area (Å²) in [6.07, 6.45) is 7.63. The number of nitrogens with zero attached hydrogens (tertiary/aromatic N) is 7. The maximum atomic E-state index is 4.66. The molecule has 0 spiro atoms. The van der Waals surface area contributed by atoms with Crippen molar-refractivity contribution in [3.05, 3.63) is 30.4 Å². The van der Waals surface area contributed by atoms with E-state index < -0.39 is 0 Å². The van der Waals surface area contributed by atoms with Gasteiger partial charge in [0, 0.05) is 31.2 Å². The third-order valence-electron chi connectivity index (χ3n) is 3.65. The first-order valence-electron chi connectivity index (χ1n) is 7.54.